The number of rotatable bonds is 3. The standard InChI is InChI=1S/C17H16ClNO2/c1-21-14-7-8-15(12-3-2-4-13(18)6-5-12)16(9-14)17(20)10-19-11-17/h4-9,12,19-20H,10-11H2,1H3. The average Bonchev–Trinajstić information content (AvgIpc) is 2.69. The largest absolute Gasteiger partial charge is 0.497 e. The van der Waals surface area contributed by atoms with Crippen LogP contribution in [-0.4, -0.2) is 25.3 Å². The van der Waals surface area contributed by atoms with E-state index in [4.69, 9.17) is 16.3 Å². The zero-order valence-corrected chi connectivity index (χ0v) is 12.4. The number of aliphatic hydroxyl groups is 1. The van der Waals surface area contributed by atoms with Gasteiger partial charge in [-0.3, -0.25) is 0 Å². The Bertz CT molecular complexity index is 678. The van der Waals surface area contributed by atoms with E-state index in [2.05, 4.69) is 17.2 Å². The minimum atomic E-state index is -0.858. The molecule has 0 amide bonds. The molecule has 1 unspecified atom stereocenters. The van der Waals surface area contributed by atoms with Crippen molar-refractivity contribution < 1.29 is 9.84 Å². The number of hydrogen-bond donors (Lipinski definition) is 2. The van der Waals surface area contributed by atoms with Crippen LogP contribution in [0.1, 0.15) is 17.0 Å². The quantitative estimate of drug-likeness (QED) is 0.842. The highest BCUT2D eigenvalue weighted by atomic mass is 35.5. The van der Waals surface area contributed by atoms with Crippen molar-refractivity contribution >= 4 is 11.6 Å². The molecular formula is C17H16ClNO2. The minimum absolute atomic E-state index is 0.0944. The van der Waals surface area contributed by atoms with Crippen molar-refractivity contribution in [2.24, 2.45) is 0 Å². The first kappa shape index (κ1) is 14.2. The topological polar surface area (TPSA) is 41.5 Å². The molecule has 1 fully saturated rings. The Labute approximate surface area is 129 Å². The summed E-state index contributed by atoms with van der Waals surface area (Å²) in [5.74, 6) is 6.75. The zero-order valence-electron chi connectivity index (χ0n) is 11.7. The van der Waals surface area contributed by atoms with Crippen molar-refractivity contribution in [3.63, 3.8) is 0 Å². The highest BCUT2D eigenvalue weighted by molar-refractivity contribution is 6.31. The molecule has 108 valence electrons. The number of hydrogen-bond acceptors (Lipinski definition) is 3. The summed E-state index contributed by atoms with van der Waals surface area (Å²) in [6.45, 7) is 1.08. The first-order valence-corrected chi connectivity index (χ1v) is 7.17. The van der Waals surface area contributed by atoms with Crippen LogP contribution in [0.4, 0.5) is 0 Å². The molecule has 1 atom stereocenters. The van der Waals surface area contributed by atoms with E-state index in [1.54, 1.807) is 13.2 Å². The van der Waals surface area contributed by atoms with Crippen molar-refractivity contribution in [2.45, 2.75) is 11.5 Å². The Morgan fingerprint density at radius 2 is 2.24 bits per heavy atom. The minimum Gasteiger partial charge on any atom is -0.497 e. The van der Waals surface area contributed by atoms with E-state index < -0.39 is 5.60 Å². The van der Waals surface area contributed by atoms with Gasteiger partial charge in [0.05, 0.1) is 13.0 Å². The lowest BCUT2D eigenvalue weighted by Crippen LogP contribution is -2.57. The maximum absolute atomic E-state index is 10.7. The molecule has 0 radical (unpaired) electrons. The van der Waals surface area contributed by atoms with E-state index in [1.165, 1.54) is 0 Å². The fraction of sp³-hybridized carbons (Fsp3) is 0.294. The van der Waals surface area contributed by atoms with Crippen LogP contribution in [0, 0.1) is 11.8 Å². The molecule has 0 spiro atoms. The Balaban J connectivity index is 2.05. The summed E-state index contributed by atoms with van der Waals surface area (Å²) in [6, 6.07) is 5.75. The van der Waals surface area contributed by atoms with Crippen LogP contribution >= 0.6 is 11.6 Å². The summed E-state index contributed by atoms with van der Waals surface area (Å²) in [7, 11) is 1.62. The number of β-amino-alcohol motifs (C(OH)–C–C–N with tert-alkyl or cyclic N) is 1. The summed E-state index contributed by atoms with van der Waals surface area (Å²) in [6.07, 6.45) is 5.47. The van der Waals surface area contributed by atoms with Gasteiger partial charge < -0.3 is 15.2 Å². The molecule has 2 aliphatic rings. The second-order valence-electron chi connectivity index (χ2n) is 5.24. The summed E-state index contributed by atoms with van der Waals surface area (Å²) < 4.78 is 5.29. The Morgan fingerprint density at radius 3 is 2.90 bits per heavy atom. The first-order valence-electron chi connectivity index (χ1n) is 6.79. The fourth-order valence-electron chi connectivity index (χ4n) is 2.56. The number of allylic oxidation sites excluding steroid dienone is 4. The van der Waals surface area contributed by atoms with E-state index in [1.807, 2.05) is 30.4 Å². The molecule has 21 heavy (non-hydrogen) atoms. The van der Waals surface area contributed by atoms with E-state index >= 15 is 0 Å². The first-order chi connectivity index (χ1) is 10.1. The monoisotopic (exact) mass is 301 g/mol. The molecule has 1 aromatic rings. The van der Waals surface area contributed by atoms with Gasteiger partial charge in [-0.15, -0.1) is 0 Å². The molecule has 2 N–H and O–H groups in total. The van der Waals surface area contributed by atoms with Crippen molar-refractivity contribution in [1.82, 2.24) is 5.32 Å². The molecule has 3 nitrogen and oxygen atoms in total. The maximum Gasteiger partial charge on any atom is 0.119 e. The van der Waals surface area contributed by atoms with Gasteiger partial charge in [0.25, 0.3) is 0 Å². The van der Waals surface area contributed by atoms with Crippen LogP contribution in [0.25, 0.3) is 0 Å². The van der Waals surface area contributed by atoms with Gasteiger partial charge in [0.2, 0.25) is 0 Å². The van der Waals surface area contributed by atoms with Crippen molar-refractivity contribution in [1.29, 1.82) is 0 Å². The molecule has 0 aromatic heterocycles. The summed E-state index contributed by atoms with van der Waals surface area (Å²) >= 11 is 5.98. The van der Waals surface area contributed by atoms with Gasteiger partial charge in [0.15, 0.2) is 0 Å². The maximum atomic E-state index is 10.7. The highest BCUT2D eigenvalue weighted by Crippen LogP contribution is 2.35. The predicted molar refractivity (Wildman–Crippen MR) is 83.4 cm³/mol. The summed E-state index contributed by atoms with van der Waals surface area (Å²) in [5.41, 5.74) is 0.994. The van der Waals surface area contributed by atoms with E-state index in [0.29, 0.717) is 18.1 Å². The van der Waals surface area contributed by atoms with Crippen LogP contribution < -0.4 is 10.1 Å². The average molecular weight is 302 g/mol. The Kier molecular flexibility index (Phi) is 3.77. The third kappa shape index (κ3) is 2.71. The third-order valence-electron chi connectivity index (χ3n) is 3.83. The smallest absolute Gasteiger partial charge is 0.119 e. The van der Waals surface area contributed by atoms with Crippen LogP contribution in [-0.2, 0) is 5.60 Å². The third-order valence-corrected chi connectivity index (χ3v) is 4.06. The van der Waals surface area contributed by atoms with Gasteiger partial charge in [0, 0.05) is 24.2 Å². The van der Waals surface area contributed by atoms with E-state index in [0.717, 1.165) is 16.9 Å². The summed E-state index contributed by atoms with van der Waals surface area (Å²) in [5, 5.41) is 14.4. The van der Waals surface area contributed by atoms with Gasteiger partial charge in [-0.25, -0.2) is 0 Å². The predicted octanol–water partition coefficient (Wildman–Crippen LogP) is 2.27. The van der Waals surface area contributed by atoms with Gasteiger partial charge in [0.1, 0.15) is 11.4 Å². The van der Waals surface area contributed by atoms with Crippen molar-refractivity contribution in [2.75, 3.05) is 20.2 Å². The van der Waals surface area contributed by atoms with Gasteiger partial charge in [-0.1, -0.05) is 35.6 Å². The van der Waals surface area contributed by atoms with Gasteiger partial charge in [-0.05, 0) is 29.3 Å². The second kappa shape index (κ2) is 5.57. The van der Waals surface area contributed by atoms with E-state index in [-0.39, 0.29) is 5.92 Å². The molecule has 0 bridgehead atoms. The molecule has 1 heterocycles. The van der Waals surface area contributed by atoms with Gasteiger partial charge in [-0.2, -0.15) is 0 Å². The van der Waals surface area contributed by atoms with Crippen LogP contribution in [0.3, 0.4) is 0 Å². The highest BCUT2D eigenvalue weighted by Gasteiger charge is 2.39. The fourth-order valence-corrected chi connectivity index (χ4v) is 2.68. The zero-order chi connectivity index (χ0) is 14.9. The van der Waals surface area contributed by atoms with Crippen molar-refractivity contribution in [3.8, 4) is 17.6 Å². The lowest BCUT2D eigenvalue weighted by Gasteiger charge is -2.39. The second-order valence-corrected chi connectivity index (χ2v) is 5.68. The SMILES string of the molecule is COc1ccc(C2C#CC=C(Cl)C=C2)c(C2(O)CNC2)c1. The number of nitrogens with one attached hydrogen (secondary N) is 1. The van der Waals surface area contributed by atoms with E-state index in [9.17, 15) is 5.11 Å². The van der Waals surface area contributed by atoms with Crippen LogP contribution in [0.2, 0.25) is 0 Å². The number of ether oxygens (including phenoxy) is 1. The van der Waals surface area contributed by atoms with Crippen LogP contribution in [0.5, 0.6) is 5.75 Å². The number of methoxy groups -OCH3 is 1. The molecular weight excluding hydrogens is 286 g/mol. The molecule has 1 saturated heterocycles. The Hall–Kier alpha value is -1.73. The molecule has 0 saturated carbocycles. The lowest BCUT2D eigenvalue weighted by atomic mass is 9.81. The molecule has 1 aliphatic carbocycles. The number of benzene rings is 1. The Morgan fingerprint density at radius 1 is 1.43 bits per heavy atom. The normalized spacial score (nSPS) is 22.4. The summed E-state index contributed by atoms with van der Waals surface area (Å²) in [4.78, 5) is 0. The number of halogens is 1. The van der Waals surface area contributed by atoms with Gasteiger partial charge >= 0.3 is 0 Å². The van der Waals surface area contributed by atoms with Crippen LogP contribution in [0.15, 0.2) is 41.5 Å². The molecule has 4 heteroatoms. The molecule has 1 aromatic carbocycles. The molecule has 3 rings (SSSR count). The lowest BCUT2D eigenvalue weighted by molar-refractivity contribution is -0.0155. The molecule has 1 aliphatic heterocycles. The van der Waals surface area contributed by atoms with Crippen molar-refractivity contribution in [3.05, 3.63) is 52.6 Å².